The van der Waals surface area contributed by atoms with Gasteiger partial charge in [0, 0.05) is 5.57 Å². The van der Waals surface area contributed by atoms with E-state index in [9.17, 15) is 4.79 Å². The van der Waals surface area contributed by atoms with E-state index >= 15 is 0 Å². The zero-order valence-electron chi connectivity index (χ0n) is 5.71. The highest BCUT2D eigenvalue weighted by atomic mass is 16.4. The van der Waals surface area contributed by atoms with Crippen molar-refractivity contribution in [2.45, 2.75) is 19.0 Å². The third kappa shape index (κ3) is 4.05. The fourth-order valence-corrected chi connectivity index (χ4v) is 0.448. The predicted molar refractivity (Wildman–Crippen MR) is 38.2 cm³/mol. The molecule has 0 rings (SSSR count). The van der Waals surface area contributed by atoms with Crippen molar-refractivity contribution in [3.63, 3.8) is 0 Å². The van der Waals surface area contributed by atoms with E-state index in [0.717, 1.165) is 0 Å². The number of carboxylic acid groups (broad SMARTS) is 1. The zero-order valence-corrected chi connectivity index (χ0v) is 5.71. The van der Waals surface area contributed by atoms with Crippen LogP contribution in [0.4, 0.5) is 0 Å². The topological polar surface area (TPSA) is 89.3 Å². The molecule has 5 N–H and O–H groups in total. The van der Waals surface area contributed by atoms with Crippen LogP contribution in [0, 0.1) is 0 Å². The summed E-state index contributed by atoms with van der Waals surface area (Å²) in [5.41, 5.74) is 10.5. The smallest absolute Gasteiger partial charge is 0.330 e. The van der Waals surface area contributed by atoms with Gasteiger partial charge < -0.3 is 16.6 Å². The maximum atomic E-state index is 10.1. The minimum Gasteiger partial charge on any atom is -0.478 e. The minimum atomic E-state index is -0.986. The number of hydrogen-bond donors (Lipinski definition) is 3. The highest BCUT2D eigenvalue weighted by molar-refractivity contribution is 5.85. The Morgan fingerprint density at radius 3 is 2.40 bits per heavy atom. The molecule has 0 aromatic carbocycles. The molecule has 0 aliphatic heterocycles. The molecule has 0 saturated carbocycles. The van der Waals surface area contributed by atoms with Crippen LogP contribution in [0.15, 0.2) is 12.2 Å². The maximum Gasteiger partial charge on any atom is 0.330 e. The van der Waals surface area contributed by atoms with Crippen LogP contribution >= 0.6 is 0 Å². The lowest BCUT2D eigenvalue weighted by molar-refractivity contribution is -0.132. The van der Waals surface area contributed by atoms with Crippen molar-refractivity contribution < 1.29 is 9.90 Å². The van der Waals surface area contributed by atoms with Crippen LogP contribution in [0.3, 0.4) is 0 Å². The largest absolute Gasteiger partial charge is 0.478 e. The molecular weight excluding hydrogens is 132 g/mol. The number of carboxylic acids is 1. The first-order chi connectivity index (χ1) is 4.54. The predicted octanol–water partition coefficient (Wildman–Crippen LogP) is -0.349. The number of nitrogens with two attached hydrogens (primary N) is 2. The number of rotatable bonds is 4. The van der Waals surface area contributed by atoms with Crippen molar-refractivity contribution in [1.29, 1.82) is 0 Å². The van der Waals surface area contributed by atoms with Gasteiger partial charge >= 0.3 is 5.97 Å². The first-order valence-corrected chi connectivity index (χ1v) is 2.96. The normalized spacial score (nSPS) is 9.90. The van der Waals surface area contributed by atoms with E-state index in [4.69, 9.17) is 16.6 Å². The first kappa shape index (κ1) is 9.13. The average molecular weight is 144 g/mol. The van der Waals surface area contributed by atoms with Crippen LogP contribution in [0.2, 0.25) is 0 Å². The van der Waals surface area contributed by atoms with E-state index in [1.807, 2.05) is 0 Å². The van der Waals surface area contributed by atoms with Gasteiger partial charge in [0.15, 0.2) is 0 Å². The molecule has 0 saturated heterocycles. The number of aliphatic carboxylic acids is 1. The Kier molecular flexibility index (Phi) is 3.68. The van der Waals surface area contributed by atoms with Crippen LogP contribution in [-0.4, -0.2) is 17.2 Å². The lowest BCUT2D eigenvalue weighted by Gasteiger charge is -2.03. The molecule has 0 bridgehead atoms. The Morgan fingerprint density at radius 2 is 2.10 bits per heavy atom. The molecule has 10 heavy (non-hydrogen) atoms. The van der Waals surface area contributed by atoms with Crippen molar-refractivity contribution in [2.75, 3.05) is 0 Å². The number of carbonyl (C=O) groups is 1. The molecule has 0 aromatic heterocycles. The SMILES string of the molecule is C=C(CCC(N)N)C(=O)O. The average Bonchev–Trinajstić information content (AvgIpc) is 1.82. The van der Waals surface area contributed by atoms with Gasteiger partial charge in [0.25, 0.3) is 0 Å². The van der Waals surface area contributed by atoms with Gasteiger partial charge in [-0.25, -0.2) is 4.79 Å². The summed E-state index contributed by atoms with van der Waals surface area (Å²) in [5.74, 6) is -0.986. The Balaban J connectivity index is 3.50. The first-order valence-electron chi connectivity index (χ1n) is 2.96. The third-order valence-corrected chi connectivity index (χ3v) is 1.08. The molecule has 4 heteroatoms. The van der Waals surface area contributed by atoms with Gasteiger partial charge in [-0.15, -0.1) is 0 Å². The van der Waals surface area contributed by atoms with Crippen LogP contribution in [0.1, 0.15) is 12.8 Å². The quantitative estimate of drug-likeness (QED) is 0.371. The second-order valence-corrected chi connectivity index (χ2v) is 2.11. The van der Waals surface area contributed by atoms with E-state index in [2.05, 4.69) is 6.58 Å². The molecule has 0 amide bonds. The van der Waals surface area contributed by atoms with Crippen molar-refractivity contribution in [3.05, 3.63) is 12.2 Å². The van der Waals surface area contributed by atoms with Gasteiger partial charge in [-0.2, -0.15) is 0 Å². The molecule has 0 spiro atoms. The summed E-state index contributed by atoms with van der Waals surface area (Å²) < 4.78 is 0. The summed E-state index contributed by atoms with van der Waals surface area (Å²) in [6.07, 6.45) is 0.370. The summed E-state index contributed by atoms with van der Waals surface area (Å²) in [4.78, 5) is 10.1. The highest BCUT2D eigenvalue weighted by Gasteiger charge is 2.04. The zero-order chi connectivity index (χ0) is 8.15. The molecule has 0 aliphatic carbocycles. The van der Waals surface area contributed by atoms with Gasteiger partial charge in [-0.3, -0.25) is 0 Å². The molecule has 0 unspecified atom stereocenters. The Labute approximate surface area is 59.5 Å². The van der Waals surface area contributed by atoms with Gasteiger partial charge in [0.1, 0.15) is 0 Å². The van der Waals surface area contributed by atoms with Gasteiger partial charge in [0.2, 0.25) is 0 Å². The fourth-order valence-electron chi connectivity index (χ4n) is 0.448. The van der Waals surface area contributed by atoms with Crippen molar-refractivity contribution in [2.24, 2.45) is 11.5 Å². The molecule has 0 heterocycles. The molecule has 0 aromatic rings. The summed E-state index contributed by atoms with van der Waals surface area (Å²) in [6, 6.07) is 0. The monoisotopic (exact) mass is 144 g/mol. The lowest BCUT2D eigenvalue weighted by Crippen LogP contribution is -2.30. The molecular formula is C6H12N2O2. The van der Waals surface area contributed by atoms with Crippen molar-refractivity contribution in [1.82, 2.24) is 0 Å². The summed E-state index contributed by atoms with van der Waals surface area (Å²) in [7, 11) is 0. The van der Waals surface area contributed by atoms with Crippen molar-refractivity contribution >= 4 is 5.97 Å². The fraction of sp³-hybridized carbons (Fsp3) is 0.500. The van der Waals surface area contributed by atoms with Crippen molar-refractivity contribution in [3.8, 4) is 0 Å². The molecule has 0 atom stereocenters. The molecule has 0 radical (unpaired) electrons. The summed E-state index contributed by atoms with van der Waals surface area (Å²) in [6.45, 7) is 3.32. The summed E-state index contributed by atoms with van der Waals surface area (Å²) in [5, 5.41) is 8.31. The molecule has 58 valence electrons. The minimum absolute atomic E-state index is 0.154. The van der Waals surface area contributed by atoms with Crippen LogP contribution < -0.4 is 11.5 Å². The van der Waals surface area contributed by atoms with Crippen LogP contribution in [0.25, 0.3) is 0 Å². The second-order valence-electron chi connectivity index (χ2n) is 2.11. The molecule has 4 nitrogen and oxygen atoms in total. The third-order valence-electron chi connectivity index (χ3n) is 1.08. The van der Waals surface area contributed by atoms with Gasteiger partial charge in [0.05, 0.1) is 6.17 Å². The maximum absolute atomic E-state index is 10.1. The van der Waals surface area contributed by atoms with Gasteiger partial charge in [-0.1, -0.05) is 6.58 Å². The van der Waals surface area contributed by atoms with E-state index in [1.165, 1.54) is 0 Å². The van der Waals surface area contributed by atoms with Crippen LogP contribution in [-0.2, 0) is 4.79 Å². The van der Waals surface area contributed by atoms with E-state index in [0.29, 0.717) is 12.8 Å². The molecule has 0 aliphatic rings. The Bertz CT molecular complexity index is 143. The Hall–Kier alpha value is -0.870. The second kappa shape index (κ2) is 4.03. The van der Waals surface area contributed by atoms with E-state index in [1.54, 1.807) is 0 Å². The number of hydrogen-bond acceptors (Lipinski definition) is 3. The van der Waals surface area contributed by atoms with E-state index < -0.39 is 12.1 Å². The van der Waals surface area contributed by atoms with E-state index in [-0.39, 0.29) is 5.57 Å². The highest BCUT2D eigenvalue weighted by Crippen LogP contribution is 2.01. The summed E-state index contributed by atoms with van der Waals surface area (Å²) >= 11 is 0. The van der Waals surface area contributed by atoms with Crippen LogP contribution in [0.5, 0.6) is 0 Å². The molecule has 0 fully saturated rings. The van der Waals surface area contributed by atoms with Gasteiger partial charge in [-0.05, 0) is 12.8 Å². The lowest BCUT2D eigenvalue weighted by atomic mass is 10.1. The Morgan fingerprint density at radius 1 is 1.60 bits per heavy atom. The standard InChI is InChI=1S/C6H12N2O2/c1-4(6(9)10)2-3-5(7)8/h5H,1-3,7-8H2,(H,9,10).